The van der Waals surface area contributed by atoms with E-state index in [9.17, 15) is 20.0 Å². The number of nitrogens with zero attached hydrogens (tertiary/aromatic N) is 2. The number of rotatable bonds is 4. The van der Waals surface area contributed by atoms with Crippen molar-refractivity contribution in [3.63, 3.8) is 0 Å². The van der Waals surface area contributed by atoms with Gasteiger partial charge in [0, 0.05) is 24.2 Å². The molecule has 1 aromatic carbocycles. The summed E-state index contributed by atoms with van der Waals surface area (Å²) in [4.78, 5) is 27.5. The zero-order valence-corrected chi connectivity index (χ0v) is 14.1. The predicted octanol–water partition coefficient (Wildman–Crippen LogP) is 2.81. The molecule has 1 fully saturated rings. The van der Waals surface area contributed by atoms with E-state index >= 15 is 0 Å². The predicted molar refractivity (Wildman–Crippen MR) is 93.3 cm³/mol. The third kappa shape index (κ3) is 3.32. The van der Waals surface area contributed by atoms with Gasteiger partial charge in [0.2, 0.25) is 0 Å². The Kier molecular flexibility index (Phi) is 4.67. The average Bonchev–Trinajstić information content (AvgIpc) is 2.61. The minimum atomic E-state index is -0.481. The van der Waals surface area contributed by atoms with Crippen LogP contribution in [-0.4, -0.2) is 33.6 Å². The van der Waals surface area contributed by atoms with Crippen molar-refractivity contribution in [2.24, 2.45) is 5.41 Å². The van der Waals surface area contributed by atoms with Gasteiger partial charge in [-0.05, 0) is 31.0 Å². The second-order valence-electron chi connectivity index (χ2n) is 6.89. The monoisotopic (exact) mass is 343 g/mol. The van der Waals surface area contributed by atoms with Gasteiger partial charge < -0.3 is 10.4 Å². The minimum Gasteiger partial charge on any atom is -0.392 e. The van der Waals surface area contributed by atoms with E-state index in [1.807, 2.05) is 6.92 Å². The zero-order valence-electron chi connectivity index (χ0n) is 14.1. The topological polar surface area (TPSA) is 105 Å². The molecule has 1 amide bonds. The van der Waals surface area contributed by atoms with Crippen molar-refractivity contribution in [2.45, 2.75) is 38.7 Å². The van der Waals surface area contributed by atoms with Crippen LogP contribution < -0.4 is 5.32 Å². The molecule has 1 saturated carbocycles. The molecule has 7 heteroatoms. The third-order valence-electron chi connectivity index (χ3n) is 5.12. The van der Waals surface area contributed by atoms with E-state index in [1.54, 1.807) is 12.1 Å². The molecular weight excluding hydrogens is 322 g/mol. The van der Waals surface area contributed by atoms with E-state index in [-0.39, 0.29) is 17.0 Å². The number of fused-ring (bicyclic) bond motifs is 1. The second-order valence-corrected chi connectivity index (χ2v) is 6.89. The molecule has 1 aliphatic carbocycles. The van der Waals surface area contributed by atoms with Crippen LogP contribution in [0.15, 0.2) is 30.5 Å². The van der Waals surface area contributed by atoms with Crippen molar-refractivity contribution >= 4 is 22.5 Å². The fourth-order valence-corrected chi connectivity index (χ4v) is 3.47. The number of pyridine rings is 1. The Balaban J connectivity index is 1.85. The van der Waals surface area contributed by atoms with E-state index in [0.29, 0.717) is 23.0 Å². The van der Waals surface area contributed by atoms with Gasteiger partial charge >= 0.3 is 0 Å². The molecular formula is C18H21N3O4. The molecule has 1 heterocycles. The summed E-state index contributed by atoms with van der Waals surface area (Å²) in [6.07, 6.45) is 4.71. The van der Waals surface area contributed by atoms with Gasteiger partial charge in [0.15, 0.2) is 0 Å². The highest BCUT2D eigenvalue weighted by Gasteiger charge is 2.35. The van der Waals surface area contributed by atoms with E-state index in [1.165, 1.54) is 18.3 Å². The standard InChI is InChI=1S/C18H21N3O4/c1-18(9-3-2-6-15(18)22)11-20-17(23)13-7-8-14(21(24)25)12-5-4-10-19-16(12)13/h4-5,7-8,10,15,22H,2-3,6,9,11H2,1H3,(H,20,23). The van der Waals surface area contributed by atoms with Gasteiger partial charge in [-0.15, -0.1) is 0 Å². The summed E-state index contributed by atoms with van der Waals surface area (Å²) in [6, 6.07) is 5.96. The zero-order chi connectivity index (χ0) is 18.0. The second kappa shape index (κ2) is 6.76. The molecule has 2 N–H and O–H groups in total. The smallest absolute Gasteiger partial charge is 0.278 e. The first-order valence-corrected chi connectivity index (χ1v) is 8.41. The van der Waals surface area contributed by atoms with Crippen molar-refractivity contribution in [3.05, 3.63) is 46.1 Å². The quantitative estimate of drug-likeness (QED) is 0.656. The van der Waals surface area contributed by atoms with Crippen molar-refractivity contribution in [1.82, 2.24) is 10.3 Å². The lowest BCUT2D eigenvalue weighted by Crippen LogP contribution is -2.45. The minimum absolute atomic E-state index is 0.0747. The number of aromatic nitrogens is 1. The number of carbonyl (C=O) groups is 1. The molecule has 2 aromatic rings. The lowest BCUT2D eigenvalue weighted by molar-refractivity contribution is -0.383. The van der Waals surface area contributed by atoms with Crippen LogP contribution in [-0.2, 0) is 0 Å². The molecule has 25 heavy (non-hydrogen) atoms. The van der Waals surface area contributed by atoms with Gasteiger partial charge in [0.25, 0.3) is 11.6 Å². The number of nitro groups is 1. The number of carbonyl (C=O) groups excluding carboxylic acids is 1. The maximum atomic E-state index is 12.6. The van der Waals surface area contributed by atoms with E-state index < -0.39 is 11.0 Å². The number of benzene rings is 1. The number of hydrogen-bond donors (Lipinski definition) is 2. The van der Waals surface area contributed by atoms with Crippen molar-refractivity contribution in [3.8, 4) is 0 Å². The number of non-ortho nitro benzene ring substituents is 1. The van der Waals surface area contributed by atoms with Gasteiger partial charge in [0.05, 0.1) is 27.5 Å². The summed E-state index contributed by atoms with van der Waals surface area (Å²) in [6.45, 7) is 2.33. The number of hydrogen-bond acceptors (Lipinski definition) is 5. The van der Waals surface area contributed by atoms with E-state index in [2.05, 4.69) is 10.3 Å². The SMILES string of the molecule is CC1(CNC(=O)c2ccc([N+](=O)[O-])c3cccnc23)CCCCC1O. The van der Waals surface area contributed by atoms with Crippen LogP contribution in [0.4, 0.5) is 5.69 Å². The first-order chi connectivity index (χ1) is 11.9. The first-order valence-electron chi connectivity index (χ1n) is 8.41. The summed E-state index contributed by atoms with van der Waals surface area (Å²) < 4.78 is 0. The Morgan fingerprint density at radius 3 is 2.96 bits per heavy atom. The summed E-state index contributed by atoms with van der Waals surface area (Å²) in [5.74, 6) is -0.336. The molecule has 2 atom stereocenters. The third-order valence-corrected chi connectivity index (χ3v) is 5.12. The van der Waals surface area contributed by atoms with E-state index in [0.717, 1.165) is 25.7 Å². The Labute approximate surface area is 145 Å². The highest BCUT2D eigenvalue weighted by atomic mass is 16.6. The van der Waals surface area contributed by atoms with Gasteiger partial charge in [0.1, 0.15) is 0 Å². The molecule has 0 saturated heterocycles. The first kappa shape index (κ1) is 17.3. The Hall–Kier alpha value is -2.54. The lowest BCUT2D eigenvalue weighted by atomic mass is 9.73. The van der Waals surface area contributed by atoms with Gasteiger partial charge in [-0.2, -0.15) is 0 Å². The molecule has 0 spiro atoms. The lowest BCUT2D eigenvalue weighted by Gasteiger charge is -2.38. The normalized spacial score (nSPS) is 23.4. The van der Waals surface area contributed by atoms with Crippen LogP contribution in [0.25, 0.3) is 10.9 Å². The number of nitro benzene ring substituents is 1. The fourth-order valence-electron chi connectivity index (χ4n) is 3.47. The Morgan fingerprint density at radius 2 is 2.24 bits per heavy atom. The fraction of sp³-hybridized carbons (Fsp3) is 0.444. The Bertz CT molecular complexity index is 823. The summed E-state index contributed by atoms with van der Waals surface area (Å²) in [5.41, 5.74) is 0.186. The summed E-state index contributed by atoms with van der Waals surface area (Å²) in [7, 11) is 0. The maximum Gasteiger partial charge on any atom is 0.278 e. The number of amides is 1. The van der Waals surface area contributed by atoms with Crippen LogP contribution >= 0.6 is 0 Å². The van der Waals surface area contributed by atoms with Crippen molar-refractivity contribution < 1.29 is 14.8 Å². The van der Waals surface area contributed by atoms with Gasteiger partial charge in [-0.1, -0.05) is 19.8 Å². The Morgan fingerprint density at radius 1 is 1.44 bits per heavy atom. The summed E-state index contributed by atoms with van der Waals surface area (Å²) in [5, 5.41) is 24.6. The van der Waals surface area contributed by atoms with Gasteiger partial charge in [-0.3, -0.25) is 19.9 Å². The maximum absolute atomic E-state index is 12.6. The molecule has 2 unspecified atom stereocenters. The van der Waals surface area contributed by atoms with Crippen molar-refractivity contribution in [2.75, 3.05) is 6.54 Å². The van der Waals surface area contributed by atoms with Gasteiger partial charge in [-0.25, -0.2) is 0 Å². The molecule has 3 rings (SSSR count). The number of nitrogens with one attached hydrogen (secondary N) is 1. The molecule has 132 valence electrons. The number of aliphatic hydroxyl groups excluding tert-OH is 1. The van der Waals surface area contributed by atoms with Crippen molar-refractivity contribution in [1.29, 1.82) is 0 Å². The number of aliphatic hydroxyl groups is 1. The van der Waals surface area contributed by atoms with Crippen LogP contribution in [0.1, 0.15) is 43.0 Å². The van der Waals surface area contributed by atoms with Crippen LogP contribution in [0.2, 0.25) is 0 Å². The molecule has 1 aromatic heterocycles. The molecule has 7 nitrogen and oxygen atoms in total. The summed E-state index contributed by atoms with van der Waals surface area (Å²) >= 11 is 0. The molecule has 0 aliphatic heterocycles. The van der Waals surface area contributed by atoms with Crippen LogP contribution in [0.3, 0.4) is 0 Å². The molecule has 1 aliphatic rings. The highest BCUT2D eigenvalue weighted by molar-refractivity contribution is 6.07. The average molecular weight is 343 g/mol. The van der Waals surface area contributed by atoms with E-state index in [4.69, 9.17) is 0 Å². The van der Waals surface area contributed by atoms with Crippen LogP contribution in [0, 0.1) is 15.5 Å². The highest BCUT2D eigenvalue weighted by Crippen LogP contribution is 2.35. The van der Waals surface area contributed by atoms with Crippen LogP contribution in [0.5, 0.6) is 0 Å². The molecule has 0 bridgehead atoms. The largest absolute Gasteiger partial charge is 0.392 e. The molecule has 0 radical (unpaired) electrons.